The van der Waals surface area contributed by atoms with Crippen molar-refractivity contribution in [1.29, 1.82) is 0 Å². The number of rotatable bonds is 7. The van der Waals surface area contributed by atoms with Gasteiger partial charge in [0.2, 0.25) is 5.91 Å². The van der Waals surface area contributed by atoms with Crippen LogP contribution in [0.4, 0.5) is 17.6 Å². The van der Waals surface area contributed by atoms with Gasteiger partial charge in [0.05, 0.1) is 23.4 Å². The van der Waals surface area contributed by atoms with Crippen molar-refractivity contribution in [2.24, 2.45) is 0 Å². The molecule has 11 heteroatoms. The number of aromatic amines is 1. The number of nitrogens with one attached hydrogen (secondary N) is 1. The average molecular weight is 610 g/mol. The molecule has 2 aromatic heterocycles. The SMILES string of the molecule is CCN1CCN(Cc2ccc(CC(=O)N3CCc4c(F)cc(Oc5ccnc6[nH]ccc56)cc4C3C)cc2C(F)(F)F)CC1. The van der Waals surface area contributed by atoms with Gasteiger partial charge in [0.1, 0.15) is 23.0 Å². The maximum absolute atomic E-state index is 15.2. The smallest absolute Gasteiger partial charge is 0.416 e. The van der Waals surface area contributed by atoms with Crippen LogP contribution >= 0.6 is 0 Å². The number of alkyl halides is 3. The minimum atomic E-state index is -4.54. The van der Waals surface area contributed by atoms with Crippen LogP contribution in [0.15, 0.2) is 54.9 Å². The van der Waals surface area contributed by atoms with E-state index >= 15 is 4.39 Å². The zero-order chi connectivity index (χ0) is 31.0. The molecule has 1 saturated heterocycles. The Labute approximate surface area is 253 Å². The highest BCUT2D eigenvalue weighted by atomic mass is 19.4. The number of amides is 1. The van der Waals surface area contributed by atoms with Crippen LogP contribution < -0.4 is 4.74 Å². The highest BCUT2D eigenvalue weighted by Gasteiger charge is 2.35. The maximum atomic E-state index is 15.2. The van der Waals surface area contributed by atoms with Gasteiger partial charge in [-0.05, 0) is 66.4 Å². The number of likely N-dealkylation sites (N-methyl/N-ethyl adjacent to an activating group) is 1. The van der Waals surface area contributed by atoms with Gasteiger partial charge < -0.3 is 19.5 Å². The minimum absolute atomic E-state index is 0.181. The van der Waals surface area contributed by atoms with E-state index in [0.717, 1.165) is 31.1 Å². The molecule has 1 unspecified atom stereocenters. The Morgan fingerprint density at radius 3 is 2.57 bits per heavy atom. The van der Waals surface area contributed by atoms with E-state index < -0.39 is 23.6 Å². The van der Waals surface area contributed by atoms with Gasteiger partial charge in [-0.25, -0.2) is 9.37 Å². The van der Waals surface area contributed by atoms with Crippen LogP contribution in [0.2, 0.25) is 0 Å². The summed E-state index contributed by atoms with van der Waals surface area (Å²) in [4.78, 5) is 26.7. The largest absolute Gasteiger partial charge is 0.456 e. The molecule has 0 bridgehead atoms. The monoisotopic (exact) mass is 609 g/mol. The van der Waals surface area contributed by atoms with E-state index in [1.54, 1.807) is 42.4 Å². The molecule has 0 saturated carbocycles. The maximum Gasteiger partial charge on any atom is 0.416 e. The average Bonchev–Trinajstić information content (AvgIpc) is 3.48. The highest BCUT2D eigenvalue weighted by Crippen LogP contribution is 2.38. The molecule has 4 aromatic rings. The first-order valence-corrected chi connectivity index (χ1v) is 15.0. The lowest BCUT2D eigenvalue weighted by Gasteiger charge is -2.36. The second kappa shape index (κ2) is 12.2. The molecule has 1 amide bonds. The van der Waals surface area contributed by atoms with Crippen molar-refractivity contribution in [2.45, 2.75) is 45.5 Å². The number of halogens is 4. The summed E-state index contributed by atoms with van der Waals surface area (Å²) in [5.74, 6) is 0.0729. The molecule has 0 aliphatic carbocycles. The van der Waals surface area contributed by atoms with Gasteiger partial charge >= 0.3 is 6.18 Å². The van der Waals surface area contributed by atoms with Crippen LogP contribution in [-0.4, -0.2) is 69.8 Å². The summed E-state index contributed by atoms with van der Waals surface area (Å²) >= 11 is 0. The number of H-pyrrole nitrogens is 1. The zero-order valence-electron chi connectivity index (χ0n) is 24.8. The lowest BCUT2D eigenvalue weighted by Crippen LogP contribution is -2.45. The third-order valence-corrected chi connectivity index (χ3v) is 8.83. The molecule has 0 spiro atoms. The Morgan fingerprint density at radius 1 is 1.05 bits per heavy atom. The van der Waals surface area contributed by atoms with Crippen molar-refractivity contribution in [3.05, 3.63) is 88.5 Å². The predicted octanol–water partition coefficient (Wildman–Crippen LogP) is 6.34. The van der Waals surface area contributed by atoms with Crippen molar-refractivity contribution in [3.8, 4) is 11.5 Å². The van der Waals surface area contributed by atoms with Gasteiger partial charge in [-0.3, -0.25) is 9.69 Å². The van der Waals surface area contributed by atoms with E-state index in [9.17, 15) is 18.0 Å². The van der Waals surface area contributed by atoms with Crippen molar-refractivity contribution < 1.29 is 27.1 Å². The summed E-state index contributed by atoms with van der Waals surface area (Å²) in [6.45, 7) is 8.39. The van der Waals surface area contributed by atoms with Gasteiger partial charge in [0.25, 0.3) is 0 Å². The topological polar surface area (TPSA) is 64.7 Å². The Balaban J connectivity index is 1.18. The lowest BCUT2D eigenvalue weighted by atomic mass is 9.92. The fourth-order valence-corrected chi connectivity index (χ4v) is 6.33. The van der Waals surface area contributed by atoms with E-state index in [-0.39, 0.29) is 36.7 Å². The number of hydrogen-bond acceptors (Lipinski definition) is 5. The van der Waals surface area contributed by atoms with Crippen LogP contribution in [-0.2, 0) is 30.4 Å². The Hall–Kier alpha value is -3.96. The normalized spacial score (nSPS) is 18.0. The predicted molar refractivity (Wildman–Crippen MR) is 159 cm³/mol. The van der Waals surface area contributed by atoms with Crippen LogP contribution in [0.25, 0.3) is 11.0 Å². The van der Waals surface area contributed by atoms with Gasteiger partial charge in [0, 0.05) is 57.7 Å². The number of benzene rings is 2. The number of fused-ring (bicyclic) bond motifs is 2. The van der Waals surface area contributed by atoms with Gasteiger partial charge in [-0.1, -0.05) is 19.1 Å². The van der Waals surface area contributed by atoms with Gasteiger partial charge in [-0.2, -0.15) is 13.2 Å². The fourth-order valence-electron chi connectivity index (χ4n) is 6.33. The Morgan fingerprint density at radius 2 is 1.82 bits per heavy atom. The van der Waals surface area contributed by atoms with Crippen molar-refractivity contribution in [1.82, 2.24) is 24.7 Å². The number of ether oxygens (including phenoxy) is 1. The molecule has 232 valence electrons. The molecular weight excluding hydrogens is 574 g/mol. The summed E-state index contributed by atoms with van der Waals surface area (Å²) in [5.41, 5.74) is 1.59. The summed E-state index contributed by atoms with van der Waals surface area (Å²) in [6, 6.07) is 10.3. The number of carbonyl (C=O) groups is 1. The Bertz CT molecular complexity index is 1660. The zero-order valence-corrected chi connectivity index (χ0v) is 24.8. The molecule has 44 heavy (non-hydrogen) atoms. The third-order valence-electron chi connectivity index (χ3n) is 8.83. The summed E-state index contributed by atoms with van der Waals surface area (Å²) in [5, 5.41) is 0.749. The summed E-state index contributed by atoms with van der Waals surface area (Å²) in [6.07, 6.45) is -1.09. The number of piperazine rings is 1. The number of pyridine rings is 1. The Kier molecular flexibility index (Phi) is 8.34. The molecule has 1 N–H and O–H groups in total. The molecule has 2 aliphatic rings. The molecule has 7 nitrogen and oxygen atoms in total. The van der Waals surface area contributed by atoms with Crippen molar-refractivity contribution >= 4 is 16.9 Å². The highest BCUT2D eigenvalue weighted by molar-refractivity contribution is 5.82. The van der Waals surface area contributed by atoms with Gasteiger partial charge in [0.15, 0.2) is 0 Å². The number of aromatic nitrogens is 2. The van der Waals surface area contributed by atoms with Crippen LogP contribution in [0.3, 0.4) is 0 Å². The van der Waals surface area contributed by atoms with E-state index in [4.69, 9.17) is 4.74 Å². The van der Waals surface area contributed by atoms with E-state index in [1.165, 1.54) is 12.1 Å². The van der Waals surface area contributed by atoms with Crippen LogP contribution in [0.1, 0.15) is 47.7 Å². The summed E-state index contributed by atoms with van der Waals surface area (Å²) < 4.78 is 63.7. The van der Waals surface area contributed by atoms with Crippen molar-refractivity contribution in [3.63, 3.8) is 0 Å². The van der Waals surface area contributed by atoms with E-state index in [0.29, 0.717) is 47.6 Å². The minimum Gasteiger partial charge on any atom is -0.456 e. The van der Waals surface area contributed by atoms with Crippen molar-refractivity contribution in [2.75, 3.05) is 39.3 Å². The quantitative estimate of drug-likeness (QED) is 0.248. The summed E-state index contributed by atoms with van der Waals surface area (Å²) in [7, 11) is 0. The standard InChI is InChI=1S/C33H35F4N5O2/c1-3-40-12-14-41(15-13-40)20-23-5-4-22(16-28(23)33(35,36)37)17-31(43)42-11-8-25-27(21(42)2)18-24(19-29(25)34)44-30-7-10-39-32-26(30)6-9-38-32/h4-7,9-10,16,18-19,21H,3,8,11-15,17,20H2,1-2H3,(H,38,39). The molecule has 2 aliphatic heterocycles. The molecule has 4 heterocycles. The molecule has 1 fully saturated rings. The molecule has 1 atom stereocenters. The molecule has 6 rings (SSSR count). The second-order valence-electron chi connectivity index (χ2n) is 11.5. The molecule has 0 radical (unpaired) electrons. The second-order valence-corrected chi connectivity index (χ2v) is 11.5. The van der Waals surface area contributed by atoms with Crippen LogP contribution in [0.5, 0.6) is 11.5 Å². The van der Waals surface area contributed by atoms with Gasteiger partial charge in [-0.15, -0.1) is 0 Å². The molecular formula is C33H35F4N5O2. The van der Waals surface area contributed by atoms with Crippen LogP contribution in [0, 0.1) is 5.82 Å². The fraction of sp³-hybridized carbons (Fsp3) is 0.394. The number of carbonyl (C=O) groups excluding carboxylic acids is 1. The first kappa shape index (κ1) is 30.1. The third kappa shape index (κ3) is 6.16. The lowest BCUT2D eigenvalue weighted by molar-refractivity contribution is -0.139. The first-order valence-electron chi connectivity index (χ1n) is 15.0. The molecule has 2 aromatic carbocycles. The first-order chi connectivity index (χ1) is 21.1. The number of nitrogens with zero attached hydrogens (tertiary/aromatic N) is 4. The van der Waals surface area contributed by atoms with E-state index in [2.05, 4.69) is 21.8 Å². The number of hydrogen-bond donors (Lipinski definition) is 1. The van der Waals surface area contributed by atoms with E-state index in [1.807, 2.05) is 11.0 Å².